The van der Waals surface area contributed by atoms with Crippen LogP contribution in [0.1, 0.15) is 27.7 Å². The summed E-state index contributed by atoms with van der Waals surface area (Å²) in [5.41, 5.74) is -0.500. The number of aromatic nitrogens is 1. The normalized spacial score (nSPS) is 25.0. The van der Waals surface area contributed by atoms with Gasteiger partial charge in [-0.05, 0) is 26.8 Å². The fourth-order valence-corrected chi connectivity index (χ4v) is 3.47. The molecule has 0 saturated carbocycles. The lowest BCUT2D eigenvalue weighted by atomic mass is 9.92. The molecule has 10 heteroatoms. The second-order valence-corrected chi connectivity index (χ2v) is 7.77. The van der Waals surface area contributed by atoms with Gasteiger partial charge in [0, 0.05) is 25.2 Å². The van der Waals surface area contributed by atoms with Gasteiger partial charge in [0.2, 0.25) is 0 Å². The molecule has 0 N–H and O–H groups in total. The van der Waals surface area contributed by atoms with Crippen LogP contribution in [0.25, 0.3) is 0 Å². The first-order valence-corrected chi connectivity index (χ1v) is 8.64. The first kappa shape index (κ1) is 18.9. The smallest absolute Gasteiger partial charge is 0.420 e. The van der Waals surface area contributed by atoms with Crippen LogP contribution in [0.5, 0.6) is 0 Å². The number of amides is 2. The molecule has 10 nitrogen and oxygen atoms in total. The van der Waals surface area contributed by atoms with Gasteiger partial charge in [-0.25, -0.2) is 14.5 Å². The number of hydrogen-bond acceptors (Lipinski definition) is 8. The second kappa shape index (κ2) is 6.67. The number of anilines is 1. The topological polar surface area (TPSA) is 115 Å². The Morgan fingerprint density at radius 2 is 2.11 bits per heavy atom. The van der Waals surface area contributed by atoms with Crippen LogP contribution in [0.2, 0.25) is 0 Å². The Kier molecular flexibility index (Phi) is 4.66. The van der Waals surface area contributed by atoms with E-state index in [4.69, 9.17) is 9.47 Å². The van der Waals surface area contributed by atoms with Crippen LogP contribution in [-0.4, -0.2) is 57.8 Å². The zero-order valence-corrected chi connectivity index (χ0v) is 15.6. The average molecular weight is 378 g/mol. The minimum absolute atomic E-state index is 0.128. The zero-order chi connectivity index (χ0) is 19.9. The third kappa shape index (κ3) is 3.64. The van der Waals surface area contributed by atoms with Gasteiger partial charge in [-0.2, -0.15) is 0 Å². The van der Waals surface area contributed by atoms with Gasteiger partial charge in [0.15, 0.2) is 0 Å². The molecule has 0 bridgehead atoms. The molecule has 3 atom stereocenters. The molecule has 0 radical (unpaired) electrons. The maximum absolute atomic E-state index is 12.5. The molecule has 2 aliphatic rings. The molecule has 3 rings (SSSR count). The standard InChI is InChI=1S/C17H22N4O6/c1-10-8-19(11-5-6-18-7-12(11)21(24)25)9-13-14(10)26-15(22)20(13)16(23)27-17(2,3)4/h5-7,10,13-14H,8-9H2,1-4H3/t10-,13-,14+/m1/s1. The molecule has 146 valence electrons. The van der Waals surface area contributed by atoms with Crippen LogP contribution in [0.15, 0.2) is 18.5 Å². The fourth-order valence-electron chi connectivity index (χ4n) is 3.47. The Hall–Kier alpha value is -2.91. The van der Waals surface area contributed by atoms with Crippen molar-refractivity contribution in [3.05, 3.63) is 28.6 Å². The number of carbonyl (C=O) groups excluding carboxylic acids is 2. The van der Waals surface area contributed by atoms with E-state index in [1.807, 2.05) is 6.92 Å². The van der Waals surface area contributed by atoms with E-state index in [0.717, 1.165) is 4.90 Å². The summed E-state index contributed by atoms with van der Waals surface area (Å²) in [5, 5.41) is 11.3. The summed E-state index contributed by atoms with van der Waals surface area (Å²) < 4.78 is 10.7. The molecule has 2 fully saturated rings. The molecule has 0 aliphatic carbocycles. The zero-order valence-electron chi connectivity index (χ0n) is 15.6. The van der Waals surface area contributed by atoms with Crippen molar-refractivity contribution >= 4 is 23.6 Å². The number of imide groups is 1. The molecular formula is C17H22N4O6. The third-order valence-electron chi connectivity index (χ3n) is 4.53. The summed E-state index contributed by atoms with van der Waals surface area (Å²) in [6.07, 6.45) is 0.646. The van der Waals surface area contributed by atoms with Crippen molar-refractivity contribution < 1.29 is 24.0 Å². The van der Waals surface area contributed by atoms with Gasteiger partial charge < -0.3 is 14.4 Å². The van der Waals surface area contributed by atoms with Crippen molar-refractivity contribution in [1.82, 2.24) is 9.88 Å². The highest BCUT2D eigenvalue weighted by molar-refractivity contribution is 5.90. The van der Waals surface area contributed by atoms with Crippen molar-refractivity contribution in [3.8, 4) is 0 Å². The van der Waals surface area contributed by atoms with Crippen LogP contribution >= 0.6 is 0 Å². The van der Waals surface area contributed by atoms with Crippen LogP contribution in [0, 0.1) is 16.0 Å². The van der Waals surface area contributed by atoms with E-state index in [2.05, 4.69) is 4.98 Å². The van der Waals surface area contributed by atoms with Gasteiger partial charge in [0.05, 0.1) is 4.92 Å². The number of piperidine rings is 1. The molecule has 1 aromatic heterocycles. The van der Waals surface area contributed by atoms with Crippen molar-refractivity contribution in [1.29, 1.82) is 0 Å². The quantitative estimate of drug-likeness (QED) is 0.569. The van der Waals surface area contributed by atoms with Gasteiger partial charge in [0.25, 0.3) is 0 Å². The van der Waals surface area contributed by atoms with E-state index in [-0.39, 0.29) is 18.2 Å². The van der Waals surface area contributed by atoms with E-state index >= 15 is 0 Å². The highest BCUT2D eigenvalue weighted by atomic mass is 16.6. The molecule has 1 aromatic rings. The van der Waals surface area contributed by atoms with E-state index in [9.17, 15) is 19.7 Å². The number of ether oxygens (including phenoxy) is 2. The van der Waals surface area contributed by atoms with Crippen LogP contribution in [-0.2, 0) is 9.47 Å². The molecule has 27 heavy (non-hydrogen) atoms. The highest BCUT2D eigenvalue weighted by Crippen LogP contribution is 2.36. The highest BCUT2D eigenvalue weighted by Gasteiger charge is 2.52. The summed E-state index contributed by atoms with van der Waals surface area (Å²) in [5.74, 6) is -0.132. The third-order valence-corrected chi connectivity index (χ3v) is 4.53. The summed E-state index contributed by atoms with van der Waals surface area (Å²) in [7, 11) is 0. The molecular weight excluding hydrogens is 356 g/mol. The molecule has 0 spiro atoms. The Morgan fingerprint density at radius 3 is 2.74 bits per heavy atom. The lowest BCUT2D eigenvalue weighted by Gasteiger charge is -2.39. The van der Waals surface area contributed by atoms with Gasteiger partial charge in [-0.15, -0.1) is 0 Å². The van der Waals surface area contributed by atoms with E-state index in [0.29, 0.717) is 12.2 Å². The van der Waals surface area contributed by atoms with Crippen molar-refractivity contribution in [3.63, 3.8) is 0 Å². The number of pyridine rings is 1. The molecule has 2 saturated heterocycles. The number of hydrogen-bond donors (Lipinski definition) is 0. The van der Waals surface area contributed by atoms with Gasteiger partial charge in [-0.1, -0.05) is 6.92 Å². The van der Waals surface area contributed by atoms with E-state index in [1.165, 1.54) is 12.4 Å². The molecule has 2 amide bonds. The molecule has 2 aliphatic heterocycles. The minimum Gasteiger partial charge on any atom is -0.443 e. The van der Waals surface area contributed by atoms with Gasteiger partial charge in [-0.3, -0.25) is 15.1 Å². The Labute approximate surface area is 156 Å². The predicted octanol–water partition coefficient (Wildman–Crippen LogP) is 2.57. The number of nitrogens with zero attached hydrogens (tertiary/aromatic N) is 4. The summed E-state index contributed by atoms with van der Waals surface area (Å²) in [6, 6.07) is 0.963. The van der Waals surface area contributed by atoms with Crippen LogP contribution in [0.3, 0.4) is 0 Å². The number of fused-ring (bicyclic) bond motifs is 1. The Morgan fingerprint density at radius 1 is 1.41 bits per heavy atom. The maximum atomic E-state index is 12.5. The SMILES string of the molecule is C[C@@H]1CN(c2ccncc2[N+](=O)[O-])C[C@@H]2[C@H]1OC(=O)N2C(=O)OC(C)(C)C. The van der Waals surface area contributed by atoms with Crippen molar-refractivity contribution in [2.45, 2.75) is 45.4 Å². The summed E-state index contributed by atoms with van der Waals surface area (Å²) in [6.45, 7) is 7.66. The fraction of sp³-hybridized carbons (Fsp3) is 0.588. The molecule has 0 aromatic carbocycles. The first-order chi connectivity index (χ1) is 12.6. The van der Waals surface area contributed by atoms with Gasteiger partial charge >= 0.3 is 17.9 Å². The minimum atomic E-state index is -0.779. The maximum Gasteiger partial charge on any atom is 0.420 e. The largest absolute Gasteiger partial charge is 0.443 e. The lowest BCUT2D eigenvalue weighted by molar-refractivity contribution is -0.384. The Balaban J connectivity index is 1.89. The van der Waals surface area contributed by atoms with E-state index < -0.39 is 34.9 Å². The molecule has 0 unspecified atom stereocenters. The number of nitro groups is 1. The Bertz CT molecular complexity index is 777. The van der Waals surface area contributed by atoms with E-state index in [1.54, 1.807) is 31.7 Å². The van der Waals surface area contributed by atoms with Crippen molar-refractivity contribution in [2.24, 2.45) is 5.92 Å². The molecule has 3 heterocycles. The van der Waals surface area contributed by atoms with Crippen LogP contribution in [0.4, 0.5) is 21.0 Å². The number of rotatable bonds is 2. The van der Waals surface area contributed by atoms with Crippen molar-refractivity contribution in [2.75, 3.05) is 18.0 Å². The first-order valence-electron chi connectivity index (χ1n) is 8.64. The monoisotopic (exact) mass is 378 g/mol. The lowest BCUT2D eigenvalue weighted by Crippen LogP contribution is -2.56. The predicted molar refractivity (Wildman–Crippen MR) is 94.4 cm³/mol. The summed E-state index contributed by atoms with van der Waals surface area (Å²) >= 11 is 0. The van der Waals surface area contributed by atoms with Gasteiger partial charge in [0.1, 0.15) is 29.6 Å². The summed E-state index contributed by atoms with van der Waals surface area (Å²) in [4.78, 5) is 42.2. The second-order valence-electron chi connectivity index (χ2n) is 7.77. The number of carbonyl (C=O) groups is 2. The van der Waals surface area contributed by atoms with Crippen LogP contribution < -0.4 is 4.90 Å². The average Bonchev–Trinajstić information content (AvgIpc) is 2.90.